The lowest BCUT2D eigenvalue weighted by Crippen LogP contribution is -2.14. The van der Waals surface area contributed by atoms with E-state index in [1.165, 1.54) is 6.33 Å². The number of amidine groups is 1. The second-order valence-corrected chi connectivity index (χ2v) is 2.65. The quantitative estimate of drug-likeness (QED) is 0.510. The highest BCUT2D eigenvalue weighted by atomic mass is 15.1. The first kappa shape index (κ1) is 8.36. The molecule has 0 amide bonds. The van der Waals surface area contributed by atoms with Crippen LogP contribution in [0.1, 0.15) is 5.69 Å². The summed E-state index contributed by atoms with van der Waals surface area (Å²) in [6.07, 6.45) is 6.39. The van der Waals surface area contributed by atoms with Crippen LogP contribution in [0.3, 0.4) is 0 Å². The zero-order chi connectivity index (χ0) is 9.97. The Morgan fingerprint density at radius 3 is 2.93 bits per heavy atom. The van der Waals surface area contributed by atoms with Gasteiger partial charge < -0.3 is 5.73 Å². The number of rotatable bonds is 2. The lowest BCUT2D eigenvalue weighted by Gasteiger charge is -2.01. The van der Waals surface area contributed by atoms with Crippen molar-refractivity contribution in [3.05, 3.63) is 36.8 Å². The summed E-state index contributed by atoms with van der Waals surface area (Å²) in [5.74, 6) is 0.566. The second kappa shape index (κ2) is 3.25. The summed E-state index contributed by atoms with van der Waals surface area (Å²) >= 11 is 0. The van der Waals surface area contributed by atoms with Crippen LogP contribution in [0, 0.1) is 5.41 Å². The van der Waals surface area contributed by atoms with Crippen LogP contribution in [0.2, 0.25) is 0 Å². The van der Waals surface area contributed by atoms with Gasteiger partial charge >= 0.3 is 0 Å². The van der Waals surface area contributed by atoms with E-state index in [9.17, 15) is 0 Å². The molecule has 0 saturated carbocycles. The fourth-order valence-corrected chi connectivity index (χ4v) is 1.03. The molecule has 0 spiro atoms. The van der Waals surface area contributed by atoms with Crippen LogP contribution in [-0.4, -0.2) is 25.4 Å². The van der Waals surface area contributed by atoms with Gasteiger partial charge in [0.1, 0.15) is 30.0 Å². The first-order valence-corrected chi connectivity index (χ1v) is 3.92. The van der Waals surface area contributed by atoms with Crippen molar-refractivity contribution in [2.75, 3.05) is 0 Å². The molecule has 0 unspecified atom stereocenters. The van der Waals surface area contributed by atoms with Gasteiger partial charge in [-0.15, -0.1) is 0 Å². The maximum absolute atomic E-state index is 7.22. The molecule has 2 aromatic rings. The number of imidazole rings is 1. The van der Waals surface area contributed by atoms with Gasteiger partial charge in [0, 0.05) is 18.5 Å². The van der Waals surface area contributed by atoms with Crippen LogP contribution in [0.4, 0.5) is 0 Å². The summed E-state index contributed by atoms with van der Waals surface area (Å²) in [7, 11) is 0. The largest absolute Gasteiger partial charge is 0.382 e. The minimum absolute atomic E-state index is 0.0752. The molecule has 2 aromatic heterocycles. The molecule has 0 aliphatic heterocycles. The van der Waals surface area contributed by atoms with Gasteiger partial charge in [-0.1, -0.05) is 0 Å². The smallest absolute Gasteiger partial charge is 0.142 e. The third-order valence-corrected chi connectivity index (χ3v) is 1.70. The predicted octanol–water partition coefficient (Wildman–Crippen LogP) is -0.0536. The summed E-state index contributed by atoms with van der Waals surface area (Å²) in [5, 5.41) is 7.22. The molecule has 6 heteroatoms. The predicted molar refractivity (Wildman–Crippen MR) is 50.2 cm³/mol. The average molecular weight is 188 g/mol. The van der Waals surface area contributed by atoms with E-state index in [0.29, 0.717) is 11.5 Å². The Morgan fingerprint density at radius 2 is 2.29 bits per heavy atom. The van der Waals surface area contributed by atoms with Gasteiger partial charge in [-0.25, -0.2) is 15.0 Å². The van der Waals surface area contributed by atoms with E-state index >= 15 is 0 Å². The standard InChI is InChI=1S/C8H8N6/c9-8(10)6-3-7(13-4-12-6)14-2-1-11-5-14/h1-5H,(H3,9,10). The number of nitrogens with one attached hydrogen (secondary N) is 1. The Morgan fingerprint density at radius 1 is 1.43 bits per heavy atom. The Kier molecular flexibility index (Phi) is 1.94. The van der Waals surface area contributed by atoms with E-state index in [-0.39, 0.29) is 5.84 Å². The summed E-state index contributed by atoms with van der Waals surface area (Å²) in [4.78, 5) is 11.8. The van der Waals surface area contributed by atoms with Gasteiger partial charge in [0.25, 0.3) is 0 Å². The van der Waals surface area contributed by atoms with Gasteiger partial charge in [-0.05, 0) is 0 Å². The third kappa shape index (κ3) is 1.45. The minimum atomic E-state index is -0.0752. The van der Waals surface area contributed by atoms with Crippen LogP contribution in [0.25, 0.3) is 5.82 Å². The molecule has 0 saturated heterocycles. The van der Waals surface area contributed by atoms with E-state index in [0.717, 1.165) is 0 Å². The van der Waals surface area contributed by atoms with E-state index < -0.39 is 0 Å². The van der Waals surface area contributed by atoms with Crippen LogP contribution in [0.5, 0.6) is 0 Å². The van der Waals surface area contributed by atoms with Crippen LogP contribution >= 0.6 is 0 Å². The number of nitrogens with two attached hydrogens (primary N) is 1. The molecule has 0 atom stereocenters. The number of nitrogens with zero attached hydrogens (tertiary/aromatic N) is 4. The first-order chi connectivity index (χ1) is 6.77. The highest BCUT2D eigenvalue weighted by Gasteiger charge is 2.01. The van der Waals surface area contributed by atoms with Crippen LogP contribution in [-0.2, 0) is 0 Å². The fraction of sp³-hybridized carbons (Fsp3) is 0. The van der Waals surface area contributed by atoms with Crippen molar-refractivity contribution >= 4 is 5.84 Å². The van der Waals surface area contributed by atoms with Crippen LogP contribution < -0.4 is 5.73 Å². The fourth-order valence-electron chi connectivity index (χ4n) is 1.03. The molecule has 0 aromatic carbocycles. The summed E-state index contributed by atoms with van der Waals surface area (Å²) in [6.45, 7) is 0. The maximum Gasteiger partial charge on any atom is 0.142 e. The highest BCUT2D eigenvalue weighted by molar-refractivity contribution is 5.93. The topological polar surface area (TPSA) is 93.5 Å². The second-order valence-electron chi connectivity index (χ2n) is 2.65. The molecule has 0 bridgehead atoms. The van der Waals surface area contributed by atoms with E-state index in [1.54, 1.807) is 29.4 Å². The molecular weight excluding hydrogens is 180 g/mol. The highest BCUT2D eigenvalue weighted by Crippen LogP contribution is 2.03. The lowest BCUT2D eigenvalue weighted by atomic mass is 10.3. The number of nitrogen functional groups attached to an aromatic ring is 1. The van der Waals surface area contributed by atoms with Crippen molar-refractivity contribution in [3.8, 4) is 5.82 Å². The average Bonchev–Trinajstić information content (AvgIpc) is 2.71. The lowest BCUT2D eigenvalue weighted by molar-refractivity contribution is 0.965. The molecule has 3 N–H and O–H groups in total. The van der Waals surface area contributed by atoms with Crippen molar-refractivity contribution in [1.29, 1.82) is 5.41 Å². The van der Waals surface area contributed by atoms with Crippen molar-refractivity contribution in [2.45, 2.75) is 0 Å². The number of aromatic nitrogens is 4. The van der Waals surface area contributed by atoms with Crippen molar-refractivity contribution in [1.82, 2.24) is 19.5 Å². The molecular formula is C8H8N6. The SMILES string of the molecule is N=C(N)c1cc(-n2ccnc2)ncn1. The number of hydrogen-bond donors (Lipinski definition) is 2. The van der Waals surface area contributed by atoms with Crippen molar-refractivity contribution < 1.29 is 0 Å². The molecule has 2 heterocycles. The Balaban J connectivity index is 2.46. The normalized spacial score (nSPS) is 10.0. The Hall–Kier alpha value is -2.24. The summed E-state index contributed by atoms with van der Waals surface area (Å²) in [6, 6.07) is 1.63. The molecule has 2 rings (SSSR count). The molecule has 14 heavy (non-hydrogen) atoms. The van der Waals surface area contributed by atoms with Gasteiger partial charge in [-0.2, -0.15) is 0 Å². The molecule has 70 valence electrons. The number of hydrogen-bond acceptors (Lipinski definition) is 4. The van der Waals surface area contributed by atoms with Gasteiger partial charge in [0.05, 0.1) is 0 Å². The zero-order valence-corrected chi connectivity index (χ0v) is 7.25. The van der Waals surface area contributed by atoms with Crippen LogP contribution in [0.15, 0.2) is 31.1 Å². The van der Waals surface area contributed by atoms with Gasteiger partial charge in [0.15, 0.2) is 0 Å². The van der Waals surface area contributed by atoms with E-state index in [2.05, 4.69) is 15.0 Å². The molecule has 0 aliphatic carbocycles. The molecule has 6 nitrogen and oxygen atoms in total. The van der Waals surface area contributed by atoms with E-state index in [4.69, 9.17) is 11.1 Å². The summed E-state index contributed by atoms with van der Waals surface area (Å²) < 4.78 is 1.72. The van der Waals surface area contributed by atoms with E-state index in [1.807, 2.05) is 0 Å². The van der Waals surface area contributed by atoms with Crippen molar-refractivity contribution in [3.63, 3.8) is 0 Å². The maximum atomic E-state index is 7.22. The third-order valence-electron chi connectivity index (χ3n) is 1.70. The van der Waals surface area contributed by atoms with Crippen molar-refractivity contribution in [2.24, 2.45) is 5.73 Å². The van der Waals surface area contributed by atoms with Gasteiger partial charge in [-0.3, -0.25) is 9.98 Å². The zero-order valence-electron chi connectivity index (χ0n) is 7.25. The van der Waals surface area contributed by atoms with Gasteiger partial charge in [0.2, 0.25) is 0 Å². The minimum Gasteiger partial charge on any atom is -0.382 e. The molecule has 0 aliphatic rings. The first-order valence-electron chi connectivity index (χ1n) is 3.92. The summed E-state index contributed by atoms with van der Waals surface area (Å²) in [5.41, 5.74) is 5.71. The molecule has 0 fully saturated rings. The Labute approximate surface area is 80.0 Å². The monoisotopic (exact) mass is 188 g/mol. The molecule has 0 radical (unpaired) electrons. The Bertz CT molecular complexity index is 447.